The van der Waals surface area contributed by atoms with Crippen molar-refractivity contribution in [1.29, 1.82) is 0 Å². The summed E-state index contributed by atoms with van der Waals surface area (Å²) in [5, 5.41) is 11.8. The van der Waals surface area contributed by atoms with Gasteiger partial charge in [-0.2, -0.15) is 0 Å². The Labute approximate surface area is 151 Å². The van der Waals surface area contributed by atoms with E-state index in [0.29, 0.717) is 23.4 Å². The summed E-state index contributed by atoms with van der Waals surface area (Å²) < 4.78 is 5.21. The minimum atomic E-state index is -0.964. The highest BCUT2D eigenvalue weighted by Gasteiger charge is 2.23. The van der Waals surface area contributed by atoms with Crippen LogP contribution in [-0.4, -0.2) is 59.4 Å². The molecule has 0 bridgehead atoms. The average Bonchev–Trinajstić information content (AvgIpc) is 3.06. The second kappa shape index (κ2) is 7.84. The molecule has 0 saturated carbocycles. The second-order valence-electron chi connectivity index (χ2n) is 6.20. The Balaban J connectivity index is 1.67. The number of carboxylic acid groups (broad SMARTS) is 1. The molecule has 2 N–H and O–H groups in total. The number of hydrogen-bond donors (Lipinski definition) is 2. The van der Waals surface area contributed by atoms with Crippen molar-refractivity contribution in [3.05, 3.63) is 28.9 Å². The fraction of sp³-hybridized carbons (Fsp3) is 0.471. The number of amides is 1. The van der Waals surface area contributed by atoms with Crippen LogP contribution in [0, 0.1) is 5.92 Å². The molecule has 0 radical (unpaired) electrons. The molecule has 0 aliphatic carbocycles. The normalized spacial score (nSPS) is 17.8. The minimum absolute atomic E-state index is 0.360. The van der Waals surface area contributed by atoms with Crippen molar-refractivity contribution < 1.29 is 14.6 Å². The van der Waals surface area contributed by atoms with Gasteiger partial charge < -0.3 is 20.1 Å². The van der Waals surface area contributed by atoms with Gasteiger partial charge in [-0.05, 0) is 31.4 Å². The van der Waals surface area contributed by atoms with Gasteiger partial charge in [-0.25, -0.2) is 9.78 Å². The van der Waals surface area contributed by atoms with E-state index in [-0.39, 0.29) is 0 Å². The highest BCUT2D eigenvalue weighted by molar-refractivity contribution is 6.32. The van der Waals surface area contributed by atoms with Gasteiger partial charge in [0.05, 0.1) is 23.2 Å². The summed E-state index contributed by atoms with van der Waals surface area (Å²) in [5.74, 6) is 0.901. The number of nitrogens with zero attached hydrogens (tertiary/aromatic N) is 3. The number of pyridine rings is 2. The molecule has 0 spiro atoms. The van der Waals surface area contributed by atoms with Crippen LogP contribution in [0.1, 0.15) is 12.0 Å². The first-order chi connectivity index (χ1) is 12.1. The van der Waals surface area contributed by atoms with Gasteiger partial charge in [-0.3, -0.25) is 4.98 Å². The van der Waals surface area contributed by atoms with Crippen LogP contribution in [0.2, 0.25) is 5.02 Å². The molecule has 0 unspecified atom stereocenters. The topological polar surface area (TPSA) is 87.6 Å². The molecule has 1 aliphatic heterocycles. The first kappa shape index (κ1) is 17.7. The van der Waals surface area contributed by atoms with Crippen LogP contribution in [0.15, 0.2) is 18.3 Å². The summed E-state index contributed by atoms with van der Waals surface area (Å²) in [6.45, 7) is 3.20. The lowest BCUT2D eigenvalue weighted by Gasteiger charge is -2.17. The zero-order valence-corrected chi connectivity index (χ0v) is 14.8. The third-order valence-electron chi connectivity index (χ3n) is 4.54. The minimum Gasteiger partial charge on any atom is -0.481 e. The van der Waals surface area contributed by atoms with Crippen LogP contribution < -0.4 is 10.1 Å². The SMILES string of the molecule is COc1ccc2ncc(Cl)c(CCN3CC[C@@H](CNC(=O)O)C3)c2n1. The number of rotatable bonds is 6. The number of halogens is 1. The molecule has 0 aromatic carbocycles. The van der Waals surface area contributed by atoms with Crippen LogP contribution >= 0.6 is 11.6 Å². The van der Waals surface area contributed by atoms with Crippen molar-refractivity contribution in [3.8, 4) is 5.88 Å². The molecule has 2 aromatic rings. The zero-order valence-electron chi connectivity index (χ0n) is 14.0. The van der Waals surface area contributed by atoms with Crippen LogP contribution in [0.5, 0.6) is 5.88 Å². The van der Waals surface area contributed by atoms with Crippen molar-refractivity contribution in [2.24, 2.45) is 5.92 Å². The maximum atomic E-state index is 10.6. The first-order valence-corrected chi connectivity index (χ1v) is 8.62. The Kier molecular flexibility index (Phi) is 5.55. The van der Waals surface area contributed by atoms with E-state index in [1.165, 1.54) is 0 Å². The van der Waals surface area contributed by atoms with E-state index in [1.54, 1.807) is 19.4 Å². The van der Waals surface area contributed by atoms with E-state index in [0.717, 1.165) is 49.1 Å². The summed E-state index contributed by atoms with van der Waals surface area (Å²) in [7, 11) is 1.58. The van der Waals surface area contributed by atoms with Crippen LogP contribution in [0.3, 0.4) is 0 Å². The third-order valence-corrected chi connectivity index (χ3v) is 4.86. The summed E-state index contributed by atoms with van der Waals surface area (Å²) >= 11 is 6.36. The number of fused-ring (bicyclic) bond motifs is 1. The second-order valence-corrected chi connectivity index (χ2v) is 6.60. The molecule has 134 valence electrons. The number of likely N-dealkylation sites (tertiary alicyclic amines) is 1. The Hall–Kier alpha value is -2.12. The first-order valence-electron chi connectivity index (χ1n) is 8.24. The highest BCUT2D eigenvalue weighted by atomic mass is 35.5. The number of nitrogens with one attached hydrogen (secondary N) is 1. The lowest BCUT2D eigenvalue weighted by molar-refractivity contribution is 0.192. The predicted octanol–water partition coefficient (Wildman–Crippen LogP) is 2.42. The molecule has 3 rings (SSSR count). The number of ether oxygens (including phenoxy) is 1. The number of hydrogen-bond acceptors (Lipinski definition) is 5. The lowest BCUT2D eigenvalue weighted by Crippen LogP contribution is -2.30. The van der Waals surface area contributed by atoms with Crippen molar-refractivity contribution in [2.75, 3.05) is 33.3 Å². The van der Waals surface area contributed by atoms with E-state index in [9.17, 15) is 4.79 Å². The molecule has 1 saturated heterocycles. The average molecular weight is 365 g/mol. The number of carbonyl (C=O) groups is 1. The van der Waals surface area contributed by atoms with E-state index < -0.39 is 6.09 Å². The van der Waals surface area contributed by atoms with Crippen molar-refractivity contribution >= 4 is 28.7 Å². The predicted molar refractivity (Wildman–Crippen MR) is 95.4 cm³/mol. The molecule has 25 heavy (non-hydrogen) atoms. The molecule has 7 nitrogen and oxygen atoms in total. The molecule has 2 aromatic heterocycles. The molecule has 1 amide bonds. The maximum absolute atomic E-state index is 10.6. The Morgan fingerprint density at radius 1 is 1.52 bits per heavy atom. The van der Waals surface area contributed by atoms with Crippen LogP contribution in [0.25, 0.3) is 11.0 Å². The fourth-order valence-electron chi connectivity index (χ4n) is 3.21. The van der Waals surface area contributed by atoms with Gasteiger partial charge in [-0.15, -0.1) is 0 Å². The van der Waals surface area contributed by atoms with Gasteiger partial charge in [0.1, 0.15) is 0 Å². The molecule has 1 aliphatic rings. The van der Waals surface area contributed by atoms with Crippen LogP contribution in [-0.2, 0) is 6.42 Å². The van der Waals surface area contributed by atoms with Gasteiger partial charge in [0, 0.05) is 37.5 Å². The van der Waals surface area contributed by atoms with E-state index >= 15 is 0 Å². The Morgan fingerprint density at radius 3 is 3.12 bits per heavy atom. The summed E-state index contributed by atoms with van der Waals surface area (Å²) in [4.78, 5) is 21.8. The number of methoxy groups -OCH3 is 1. The van der Waals surface area contributed by atoms with E-state index in [2.05, 4.69) is 20.2 Å². The van der Waals surface area contributed by atoms with Gasteiger partial charge >= 0.3 is 6.09 Å². The van der Waals surface area contributed by atoms with Crippen molar-refractivity contribution in [1.82, 2.24) is 20.2 Å². The maximum Gasteiger partial charge on any atom is 0.404 e. The monoisotopic (exact) mass is 364 g/mol. The van der Waals surface area contributed by atoms with E-state index in [1.807, 2.05) is 6.07 Å². The largest absolute Gasteiger partial charge is 0.481 e. The Morgan fingerprint density at radius 2 is 2.36 bits per heavy atom. The zero-order chi connectivity index (χ0) is 17.8. The van der Waals surface area contributed by atoms with Crippen molar-refractivity contribution in [3.63, 3.8) is 0 Å². The summed E-state index contributed by atoms with van der Waals surface area (Å²) in [6.07, 6.45) is 2.46. The highest BCUT2D eigenvalue weighted by Crippen LogP contribution is 2.26. The standard InChI is InChI=1S/C17H21ClN4O3/c1-25-15-3-2-14-16(21-15)12(13(18)9-19-14)5-7-22-6-4-11(10-22)8-20-17(23)24/h2-3,9,11,20H,4-8,10H2,1H3,(H,23,24)/t11-/m0/s1. The van der Waals surface area contributed by atoms with Gasteiger partial charge in [0.15, 0.2) is 0 Å². The molecule has 3 heterocycles. The molecular weight excluding hydrogens is 344 g/mol. The van der Waals surface area contributed by atoms with E-state index in [4.69, 9.17) is 21.4 Å². The molecule has 1 fully saturated rings. The smallest absolute Gasteiger partial charge is 0.404 e. The molecule has 1 atom stereocenters. The molecule has 8 heteroatoms. The third kappa shape index (κ3) is 4.29. The summed E-state index contributed by atoms with van der Waals surface area (Å²) in [6, 6.07) is 3.66. The van der Waals surface area contributed by atoms with Crippen molar-refractivity contribution in [2.45, 2.75) is 12.8 Å². The van der Waals surface area contributed by atoms with Gasteiger partial charge in [0.25, 0.3) is 0 Å². The van der Waals surface area contributed by atoms with Gasteiger partial charge in [-0.1, -0.05) is 11.6 Å². The lowest BCUT2D eigenvalue weighted by atomic mass is 10.1. The van der Waals surface area contributed by atoms with Crippen LogP contribution in [0.4, 0.5) is 4.79 Å². The quantitative estimate of drug-likeness (QED) is 0.818. The number of aromatic nitrogens is 2. The Bertz CT molecular complexity index is 771. The fourth-order valence-corrected chi connectivity index (χ4v) is 3.45. The molecular formula is C17H21ClN4O3. The summed E-state index contributed by atoms with van der Waals surface area (Å²) in [5.41, 5.74) is 2.54. The van der Waals surface area contributed by atoms with Gasteiger partial charge in [0.2, 0.25) is 5.88 Å².